The van der Waals surface area contributed by atoms with E-state index >= 15 is 0 Å². The van der Waals surface area contributed by atoms with Gasteiger partial charge in [-0.3, -0.25) is 4.79 Å². The fraction of sp³-hybridized carbons (Fsp3) is 0.529. The zero-order valence-electron chi connectivity index (χ0n) is 14.3. The van der Waals surface area contributed by atoms with Crippen LogP contribution in [0.15, 0.2) is 29.3 Å². The topological polar surface area (TPSA) is 65.5 Å². The van der Waals surface area contributed by atoms with Crippen LogP contribution in [0.2, 0.25) is 0 Å². The molecule has 1 rings (SSSR count). The number of anilines is 1. The van der Waals surface area contributed by atoms with Gasteiger partial charge in [-0.25, -0.2) is 4.99 Å². The predicted molar refractivity (Wildman–Crippen MR) is 101 cm³/mol. The highest BCUT2D eigenvalue weighted by Crippen LogP contribution is 2.12. The number of carbonyl (C=O) groups excluding carboxylic acids is 1. The summed E-state index contributed by atoms with van der Waals surface area (Å²) in [7, 11) is 0. The maximum Gasteiger partial charge on any atom is 0.224 e. The van der Waals surface area contributed by atoms with Crippen LogP contribution in [-0.2, 0) is 11.3 Å². The third-order valence-corrected chi connectivity index (χ3v) is 3.66. The first-order chi connectivity index (χ1) is 11.2. The van der Waals surface area contributed by atoms with Crippen molar-refractivity contribution in [2.45, 2.75) is 33.2 Å². The van der Waals surface area contributed by atoms with Crippen LogP contribution in [0.3, 0.4) is 0 Å². The lowest BCUT2D eigenvalue weighted by atomic mass is 10.2. The molecule has 0 aromatic heterocycles. The normalized spacial score (nSPS) is 11.2. The molecule has 1 amide bonds. The molecule has 1 aromatic carbocycles. The molecule has 1 aromatic rings. The lowest BCUT2D eigenvalue weighted by Crippen LogP contribution is -2.38. The molecule has 5 nitrogen and oxygen atoms in total. The highest BCUT2D eigenvalue weighted by molar-refractivity contribution is 7.98. The summed E-state index contributed by atoms with van der Waals surface area (Å²) >= 11 is 1.80. The monoisotopic (exact) mass is 336 g/mol. The van der Waals surface area contributed by atoms with Crippen LogP contribution in [0.25, 0.3) is 0 Å². The summed E-state index contributed by atoms with van der Waals surface area (Å²) in [5.41, 5.74) is 1.90. The molecule has 0 fully saturated rings. The highest BCUT2D eigenvalue weighted by atomic mass is 32.2. The fourth-order valence-electron chi connectivity index (χ4n) is 1.98. The van der Waals surface area contributed by atoms with E-state index in [9.17, 15) is 4.79 Å². The lowest BCUT2D eigenvalue weighted by Gasteiger charge is -2.11. The number of nitrogens with one attached hydrogen (secondary N) is 3. The Morgan fingerprint density at radius 1 is 1.26 bits per heavy atom. The van der Waals surface area contributed by atoms with Crippen LogP contribution < -0.4 is 16.0 Å². The molecular formula is C17H28N4OS. The Labute approximate surface area is 143 Å². The maximum atomic E-state index is 11.7. The molecule has 6 heteroatoms. The number of amides is 1. The zero-order valence-corrected chi connectivity index (χ0v) is 15.1. The van der Waals surface area contributed by atoms with Gasteiger partial charge in [0.15, 0.2) is 5.96 Å². The molecule has 0 radical (unpaired) electrons. The van der Waals surface area contributed by atoms with E-state index in [1.165, 1.54) is 0 Å². The third kappa shape index (κ3) is 8.50. The summed E-state index contributed by atoms with van der Waals surface area (Å²) in [5.74, 6) is 1.92. The van der Waals surface area contributed by atoms with Gasteiger partial charge in [0.1, 0.15) is 0 Å². The number of hydrogen-bond donors (Lipinski definition) is 3. The van der Waals surface area contributed by atoms with Gasteiger partial charge in [-0.15, -0.1) is 0 Å². The molecule has 0 heterocycles. The smallest absolute Gasteiger partial charge is 0.224 e. The average Bonchev–Trinajstić information content (AvgIpc) is 2.53. The second-order valence-electron chi connectivity index (χ2n) is 5.11. The molecule has 128 valence electrons. The molecule has 0 atom stereocenters. The maximum absolute atomic E-state index is 11.7. The number of carbonyl (C=O) groups is 1. The Hall–Kier alpha value is -1.69. The van der Waals surface area contributed by atoms with Gasteiger partial charge >= 0.3 is 0 Å². The Bertz CT molecular complexity index is 505. The van der Waals surface area contributed by atoms with E-state index in [0.29, 0.717) is 13.0 Å². The van der Waals surface area contributed by atoms with Crippen LogP contribution in [0.4, 0.5) is 5.69 Å². The quantitative estimate of drug-likeness (QED) is 0.369. The van der Waals surface area contributed by atoms with Crippen molar-refractivity contribution in [1.29, 1.82) is 0 Å². The van der Waals surface area contributed by atoms with Gasteiger partial charge in [0.2, 0.25) is 5.91 Å². The molecule has 0 bridgehead atoms. The van der Waals surface area contributed by atoms with Gasteiger partial charge in [-0.05, 0) is 37.3 Å². The van der Waals surface area contributed by atoms with Crippen LogP contribution in [0.1, 0.15) is 32.3 Å². The molecule has 23 heavy (non-hydrogen) atoms. The van der Waals surface area contributed by atoms with Crippen molar-refractivity contribution in [3.63, 3.8) is 0 Å². The Kier molecular flexibility index (Phi) is 9.95. The Balaban J connectivity index is 2.63. The number of benzene rings is 1. The minimum absolute atomic E-state index is 0.0558. The Morgan fingerprint density at radius 2 is 2.09 bits per heavy atom. The van der Waals surface area contributed by atoms with Gasteiger partial charge in [0.25, 0.3) is 0 Å². The highest BCUT2D eigenvalue weighted by Gasteiger charge is 2.02. The molecule has 0 aliphatic carbocycles. The van der Waals surface area contributed by atoms with Gasteiger partial charge in [0, 0.05) is 31.0 Å². The lowest BCUT2D eigenvalue weighted by molar-refractivity contribution is -0.116. The summed E-state index contributed by atoms with van der Waals surface area (Å²) in [6.45, 7) is 6.34. The van der Waals surface area contributed by atoms with E-state index in [1.54, 1.807) is 11.8 Å². The summed E-state index contributed by atoms with van der Waals surface area (Å²) in [6.07, 6.45) is 3.49. The van der Waals surface area contributed by atoms with Gasteiger partial charge < -0.3 is 16.0 Å². The fourth-order valence-corrected chi connectivity index (χ4v) is 2.29. The van der Waals surface area contributed by atoms with Crippen LogP contribution in [0.5, 0.6) is 0 Å². The van der Waals surface area contributed by atoms with Crippen molar-refractivity contribution in [2.75, 3.05) is 30.4 Å². The largest absolute Gasteiger partial charge is 0.357 e. The van der Waals surface area contributed by atoms with Crippen molar-refractivity contribution in [3.05, 3.63) is 29.8 Å². The minimum atomic E-state index is 0.0558. The minimum Gasteiger partial charge on any atom is -0.357 e. The van der Waals surface area contributed by atoms with E-state index < -0.39 is 0 Å². The van der Waals surface area contributed by atoms with E-state index in [4.69, 9.17) is 0 Å². The first-order valence-corrected chi connectivity index (χ1v) is 9.48. The summed E-state index contributed by atoms with van der Waals surface area (Å²) < 4.78 is 0. The van der Waals surface area contributed by atoms with E-state index in [1.807, 2.05) is 31.2 Å². The van der Waals surface area contributed by atoms with E-state index in [2.05, 4.69) is 34.1 Å². The molecule has 0 saturated carbocycles. The van der Waals surface area contributed by atoms with Crippen LogP contribution >= 0.6 is 11.8 Å². The standard InChI is InChI=1S/C17H28N4OS/c1-4-7-16(22)21-15-9-6-8-14(12-15)13-20-17(18-5-2)19-10-11-23-3/h6,8-9,12H,4-5,7,10-11,13H2,1-3H3,(H,21,22)(H2,18,19,20). The number of hydrogen-bond acceptors (Lipinski definition) is 3. The van der Waals surface area contributed by atoms with Crippen molar-refractivity contribution in [1.82, 2.24) is 10.6 Å². The molecule has 0 saturated heterocycles. The first-order valence-electron chi connectivity index (χ1n) is 8.09. The van der Waals surface area contributed by atoms with Crippen molar-refractivity contribution in [2.24, 2.45) is 4.99 Å². The second kappa shape index (κ2) is 11.8. The van der Waals surface area contributed by atoms with Crippen molar-refractivity contribution in [3.8, 4) is 0 Å². The summed E-state index contributed by atoms with van der Waals surface area (Å²) in [6, 6.07) is 7.84. The van der Waals surface area contributed by atoms with Crippen LogP contribution in [0, 0.1) is 0 Å². The van der Waals surface area contributed by atoms with Gasteiger partial charge in [0.05, 0.1) is 6.54 Å². The van der Waals surface area contributed by atoms with Crippen molar-refractivity contribution >= 4 is 29.3 Å². The van der Waals surface area contributed by atoms with Crippen LogP contribution in [-0.4, -0.2) is 37.0 Å². The molecular weight excluding hydrogens is 308 g/mol. The predicted octanol–water partition coefficient (Wildman–Crippen LogP) is 2.84. The Morgan fingerprint density at radius 3 is 2.78 bits per heavy atom. The summed E-state index contributed by atoms with van der Waals surface area (Å²) in [5, 5.41) is 9.46. The van der Waals surface area contributed by atoms with Crippen molar-refractivity contribution < 1.29 is 4.79 Å². The SMILES string of the molecule is CCCC(=O)Nc1cccc(CN=C(NCC)NCCSC)c1. The summed E-state index contributed by atoms with van der Waals surface area (Å²) in [4.78, 5) is 16.2. The van der Waals surface area contributed by atoms with E-state index in [-0.39, 0.29) is 5.91 Å². The first kappa shape index (κ1) is 19.4. The number of rotatable bonds is 9. The molecule has 0 aliphatic rings. The zero-order chi connectivity index (χ0) is 16.9. The second-order valence-corrected chi connectivity index (χ2v) is 6.10. The number of thioether (sulfide) groups is 1. The molecule has 0 unspecified atom stereocenters. The number of aliphatic imine (C=N–C) groups is 1. The average molecular weight is 337 g/mol. The number of guanidine groups is 1. The van der Waals surface area contributed by atoms with E-state index in [0.717, 1.165) is 42.5 Å². The van der Waals surface area contributed by atoms with Gasteiger partial charge in [-0.2, -0.15) is 11.8 Å². The molecule has 0 aliphatic heterocycles. The van der Waals surface area contributed by atoms with Gasteiger partial charge in [-0.1, -0.05) is 19.1 Å². The third-order valence-electron chi connectivity index (χ3n) is 3.05. The molecule has 0 spiro atoms. The molecule has 3 N–H and O–H groups in total. The number of nitrogens with zero attached hydrogens (tertiary/aromatic N) is 1.